The van der Waals surface area contributed by atoms with Crippen LogP contribution in [0.15, 0.2) is 52.9 Å². The number of carbonyl (C=O) groups excluding carboxylic acids is 1. The van der Waals surface area contributed by atoms with Crippen LogP contribution in [0.4, 0.5) is 0 Å². The van der Waals surface area contributed by atoms with Crippen LogP contribution >= 0.6 is 0 Å². The highest BCUT2D eigenvalue weighted by molar-refractivity contribution is 5.79. The lowest BCUT2D eigenvalue weighted by Crippen LogP contribution is -2.07. The lowest BCUT2D eigenvalue weighted by Gasteiger charge is -2.01. The predicted molar refractivity (Wildman–Crippen MR) is 79.8 cm³/mol. The Bertz CT molecular complexity index is 762. The van der Waals surface area contributed by atoms with Crippen molar-refractivity contribution in [2.45, 2.75) is 13.3 Å². The molecule has 3 rings (SSSR count). The van der Waals surface area contributed by atoms with Crippen LogP contribution in [-0.2, 0) is 16.0 Å². The van der Waals surface area contributed by atoms with Gasteiger partial charge in [-0.25, -0.2) is 4.98 Å². The Kier molecular flexibility index (Phi) is 3.69. The number of benzene rings is 2. The smallest absolute Gasteiger partial charge is 0.310 e. The Hall–Kier alpha value is -2.62. The zero-order valence-electron chi connectivity index (χ0n) is 11.7. The third kappa shape index (κ3) is 2.94. The van der Waals surface area contributed by atoms with Gasteiger partial charge in [0.15, 0.2) is 5.58 Å². The molecule has 0 N–H and O–H groups in total. The summed E-state index contributed by atoms with van der Waals surface area (Å²) < 4.78 is 10.7. The lowest BCUT2D eigenvalue weighted by atomic mass is 10.1. The zero-order chi connectivity index (χ0) is 14.7. The molecule has 0 spiro atoms. The molecule has 3 aromatic rings. The minimum Gasteiger partial charge on any atom is -0.466 e. The van der Waals surface area contributed by atoms with E-state index in [0.717, 1.165) is 16.6 Å². The van der Waals surface area contributed by atoms with Gasteiger partial charge in [0.05, 0.1) is 13.0 Å². The van der Waals surface area contributed by atoms with Crippen molar-refractivity contribution in [3.63, 3.8) is 0 Å². The quantitative estimate of drug-likeness (QED) is 0.686. The minimum absolute atomic E-state index is 0.236. The molecule has 4 nitrogen and oxygen atoms in total. The van der Waals surface area contributed by atoms with Crippen molar-refractivity contribution in [2.24, 2.45) is 0 Å². The van der Waals surface area contributed by atoms with Crippen molar-refractivity contribution in [3.8, 4) is 11.5 Å². The van der Waals surface area contributed by atoms with Crippen molar-refractivity contribution >= 4 is 17.1 Å². The van der Waals surface area contributed by atoms with E-state index < -0.39 is 0 Å². The van der Waals surface area contributed by atoms with Crippen LogP contribution in [0.2, 0.25) is 0 Å². The second-order valence-corrected chi connectivity index (χ2v) is 4.67. The molecule has 1 aromatic heterocycles. The molecule has 0 saturated carbocycles. The number of carbonyl (C=O) groups is 1. The summed E-state index contributed by atoms with van der Waals surface area (Å²) in [5.41, 5.74) is 3.24. The first kappa shape index (κ1) is 13.4. The van der Waals surface area contributed by atoms with E-state index in [1.54, 1.807) is 6.92 Å². The number of fused-ring (bicyclic) bond motifs is 1. The largest absolute Gasteiger partial charge is 0.466 e. The van der Waals surface area contributed by atoms with Crippen LogP contribution in [-0.4, -0.2) is 17.6 Å². The SMILES string of the molecule is CCOC(=O)Cc1ccc2nc(-c3ccccc3)oc2c1. The molecule has 4 heteroatoms. The van der Waals surface area contributed by atoms with Crippen LogP contribution < -0.4 is 0 Å². The molecule has 0 aliphatic heterocycles. The van der Waals surface area contributed by atoms with Gasteiger partial charge in [-0.2, -0.15) is 0 Å². The summed E-state index contributed by atoms with van der Waals surface area (Å²) in [5, 5.41) is 0. The molecule has 2 aromatic carbocycles. The number of esters is 1. The Morgan fingerprint density at radius 2 is 2.00 bits per heavy atom. The van der Waals surface area contributed by atoms with Crippen molar-refractivity contribution < 1.29 is 13.9 Å². The Balaban J connectivity index is 1.90. The molecule has 0 atom stereocenters. The van der Waals surface area contributed by atoms with E-state index in [4.69, 9.17) is 9.15 Å². The monoisotopic (exact) mass is 281 g/mol. The number of oxazole rings is 1. The van der Waals surface area contributed by atoms with Gasteiger partial charge >= 0.3 is 5.97 Å². The highest BCUT2D eigenvalue weighted by atomic mass is 16.5. The number of hydrogen-bond donors (Lipinski definition) is 0. The first-order valence-corrected chi connectivity index (χ1v) is 6.87. The molecule has 106 valence electrons. The van der Waals surface area contributed by atoms with Gasteiger partial charge in [-0.05, 0) is 36.8 Å². The number of hydrogen-bond acceptors (Lipinski definition) is 4. The third-order valence-electron chi connectivity index (χ3n) is 3.13. The molecule has 0 saturated heterocycles. The summed E-state index contributed by atoms with van der Waals surface area (Å²) in [5.74, 6) is 0.346. The molecule has 0 radical (unpaired) electrons. The fourth-order valence-corrected chi connectivity index (χ4v) is 2.16. The summed E-state index contributed by atoms with van der Waals surface area (Å²) >= 11 is 0. The average Bonchev–Trinajstić information content (AvgIpc) is 2.91. The number of rotatable bonds is 4. The Morgan fingerprint density at radius 3 is 2.76 bits per heavy atom. The fraction of sp³-hybridized carbons (Fsp3) is 0.176. The normalized spacial score (nSPS) is 10.7. The van der Waals surface area contributed by atoms with Crippen molar-refractivity contribution in [2.75, 3.05) is 6.61 Å². The van der Waals surface area contributed by atoms with Crippen molar-refractivity contribution in [3.05, 3.63) is 54.1 Å². The molecule has 0 unspecified atom stereocenters. The zero-order valence-corrected chi connectivity index (χ0v) is 11.7. The molecule has 0 aliphatic rings. The van der Waals surface area contributed by atoms with Crippen molar-refractivity contribution in [1.29, 1.82) is 0 Å². The molecule has 0 fully saturated rings. The molecule has 1 heterocycles. The number of aromatic nitrogens is 1. The van der Waals surface area contributed by atoms with Crippen LogP contribution in [0.3, 0.4) is 0 Å². The lowest BCUT2D eigenvalue weighted by molar-refractivity contribution is -0.142. The van der Waals surface area contributed by atoms with E-state index in [-0.39, 0.29) is 12.4 Å². The van der Waals surface area contributed by atoms with E-state index in [2.05, 4.69) is 4.98 Å². The van der Waals surface area contributed by atoms with Crippen LogP contribution in [0.5, 0.6) is 0 Å². The maximum absolute atomic E-state index is 11.5. The maximum atomic E-state index is 11.5. The van der Waals surface area contributed by atoms with Crippen LogP contribution in [0.1, 0.15) is 12.5 Å². The molecule has 0 amide bonds. The first-order chi connectivity index (χ1) is 10.3. The van der Waals surface area contributed by atoms with Gasteiger partial charge in [-0.15, -0.1) is 0 Å². The maximum Gasteiger partial charge on any atom is 0.310 e. The molecule has 0 aliphatic carbocycles. The fourth-order valence-electron chi connectivity index (χ4n) is 2.16. The van der Waals surface area contributed by atoms with E-state index in [1.807, 2.05) is 48.5 Å². The van der Waals surface area contributed by atoms with Gasteiger partial charge in [0.1, 0.15) is 5.52 Å². The number of nitrogens with zero attached hydrogens (tertiary/aromatic N) is 1. The first-order valence-electron chi connectivity index (χ1n) is 6.87. The Morgan fingerprint density at radius 1 is 1.19 bits per heavy atom. The molecule has 21 heavy (non-hydrogen) atoms. The predicted octanol–water partition coefficient (Wildman–Crippen LogP) is 3.60. The highest BCUT2D eigenvalue weighted by Gasteiger charge is 2.10. The summed E-state index contributed by atoms with van der Waals surface area (Å²) in [6.45, 7) is 2.19. The third-order valence-corrected chi connectivity index (χ3v) is 3.13. The van der Waals surface area contributed by atoms with Crippen LogP contribution in [0.25, 0.3) is 22.6 Å². The second kappa shape index (κ2) is 5.79. The van der Waals surface area contributed by atoms with Gasteiger partial charge < -0.3 is 9.15 Å². The van der Waals surface area contributed by atoms with E-state index in [0.29, 0.717) is 18.1 Å². The topological polar surface area (TPSA) is 52.3 Å². The van der Waals surface area contributed by atoms with Gasteiger partial charge in [0.2, 0.25) is 5.89 Å². The van der Waals surface area contributed by atoms with Gasteiger partial charge in [-0.3, -0.25) is 4.79 Å². The van der Waals surface area contributed by atoms with Gasteiger partial charge in [0.25, 0.3) is 0 Å². The summed E-state index contributed by atoms with van der Waals surface area (Å²) in [6, 6.07) is 15.3. The molecular weight excluding hydrogens is 266 g/mol. The van der Waals surface area contributed by atoms with Gasteiger partial charge in [0, 0.05) is 5.56 Å². The van der Waals surface area contributed by atoms with E-state index in [1.165, 1.54) is 0 Å². The van der Waals surface area contributed by atoms with Crippen molar-refractivity contribution in [1.82, 2.24) is 4.98 Å². The number of ether oxygens (including phenoxy) is 1. The average molecular weight is 281 g/mol. The summed E-state index contributed by atoms with van der Waals surface area (Å²) in [4.78, 5) is 16.0. The highest BCUT2D eigenvalue weighted by Crippen LogP contribution is 2.24. The van der Waals surface area contributed by atoms with E-state index in [9.17, 15) is 4.79 Å². The Labute approximate surface area is 122 Å². The molecule has 0 bridgehead atoms. The summed E-state index contributed by atoms with van der Waals surface area (Å²) in [7, 11) is 0. The van der Waals surface area contributed by atoms with Crippen LogP contribution in [0, 0.1) is 0 Å². The van der Waals surface area contributed by atoms with E-state index >= 15 is 0 Å². The molecular formula is C17H15NO3. The second-order valence-electron chi connectivity index (χ2n) is 4.67. The minimum atomic E-state index is -0.236. The standard InChI is InChI=1S/C17H15NO3/c1-2-20-16(19)11-12-8-9-14-15(10-12)21-17(18-14)13-6-4-3-5-7-13/h3-10H,2,11H2,1H3. The summed E-state index contributed by atoms with van der Waals surface area (Å²) in [6.07, 6.45) is 0.241. The van der Waals surface area contributed by atoms with Gasteiger partial charge in [-0.1, -0.05) is 24.3 Å².